The highest BCUT2D eigenvalue weighted by Gasteiger charge is 2.22. The summed E-state index contributed by atoms with van der Waals surface area (Å²) in [5.41, 5.74) is 1.93. The Morgan fingerprint density at radius 3 is 2.37 bits per heavy atom. The third kappa shape index (κ3) is 5.36. The van der Waals surface area contributed by atoms with Crippen molar-refractivity contribution < 1.29 is 23.7 Å². The highest BCUT2D eigenvalue weighted by molar-refractivity contribution is 7.22. The molecule has 0 unspecified atom stereocenters. The molecule has 0 atom stereocenters. The summed E-state index contributed by atoms with van der Waals surface area (Å²) in [5, 5.41) is 6.23. The summed E-state index contributed by atoms with van der Waals surface area (Å²) in [6, 6.07) is 18.0. The quantitative estimate of drug-likeness (QED) is 0.230. The first-order valence-corrected chi connectivity index (χ1v) is 11.7. The highest BCUT2D eigenvalue weighted by atomic mass is 32.1. The molecule has 1 amide bonds. The number of hydrazone groups is 1. The van der Waals surface area contributed by atoms with Crippen molar-refractivity contribution >= 4 is 38.8 Å². The van der Waals surface area contributed by atoms with Gasteiger partial charge in [0.1, 0.15) is 11.5 Å². The third-order valence-corrected chi connectivity index (χ3v) is 6.10. The predicted molar refractivity (Wildman–Crippen MR) is 138 cm³/mol. The molecule has 0 radical (unpaired) electrons. The van der Waals surface area contributed by atoms with Crippen LogP contribution in [0.2, 0.25) is 0 Å². The maximum Gasteiger partial charge on any atom is 0.280 e. The molecular formula is C26H25N3O5S. The van der Waals surface area contributed by atoms with Crippen molar-refractivity contribution in [2.75, 3.05) is 32.9 Å². The molecule has 0 saturated carbocycles. The van der Waals surface area contributed by atoms with E-state index in [2.05, 4.69) is 10.1 Å². The SMILES string of the molecule is CCOc1ccc(/C=N/N(C(=O)c2ccc(OC)c(OC)c2)c2nc3ccc(OC)cc3s2)cc1. The molecule has 0 aliphatic heterocycles. The smallest absolute Gasteiger partial charge is 0.280 e. The number of hydrogen-bond donors (Lipinski definition) is 0. The van der Waals surface area contributed by atoms with Crippen LogP contribution in [0.4, 0.5) is 5.13 Å². The van der Waals surface area contributed by atoms with Crippen molar-refractivity contribution in [2.45, 2.75) is 6.92 Å². The second-order valence-electron chi connectivity index (χ2n) is 7.26. The van der Waals surface area contributed by atoms with E-state index < -0.39 is 0 Å². The summed E-state index contributed by atoms with van der Waals surface area (Å²) in [5.74, 6) is 2.09. The average molecular weight is 492 g/mol. The second kappa shape index (κ2) is 10.9. The van der Waals surface area contributed by atoms with E-state index in [1.165, 1.54) is 23.5 Å². The Kier molecular flexibility index (Phi) is 7.47. The first-order valence-electron chi connectivity index (χ1n) is 10.8. The Bertz CT molecular complexity index is 1350. The zero-order chi connectivity index (χ0) is 24.8. The zero-order valence-electron chi connectivity index (χ0n) is 19.8. The summed E-state index contributed by atoms with van der Waals surface area (Å²) in [6.45, 7) is 2.52. The molecule has 0 saturated heterocycles. The molecule has 3 aromatic carbocycles. The van der Waals surface area contributed by atoms with Crippen molar-refractivity contribution in [3.8, 4) is 23.0 Å². The molecule has 0 aliphatic carbocycles. The summed E-state index contributed by atoms with van der Waals surface area (Å²) in [6.07, 6.45) is 1.61. The average Bonchev–Trinajstić information content (AvgIpc) is 3.32. The van der Waals surface area contributed by atoms with Gasteiger partial charge in [0.25, 0.3) is 5.91 Å². The van der Waals surface area contributed by atoms with Crippen LogP contribution in [-0.2, 0) is 0 Å². The van der Waals surface area contributed by atoms with E-state index in [9.17, 15) is 4.79 Å². The molecule has 4 rings (SSSR count). The first-order chi connectivity index (χ1) is 17.1. The zero-order valence-corrected chi connectivity index (χ0v) is 20.7. The number of nitrogens with zero attached hydrogens (tertiary/aromatic N) is 3. The van der Waals surface area contributed by atoms with Crippen molar-refractivity contribution in [2.24, 2.45) is 5.10 Å². The predicted octanol–water partition coefficient (Wildman–Crippen LogP) is 5.40. The van der Waals surface area contributed by atoms with Crippen molar-refractivity contribution in [1.29, 1.82) is 0 Å². The third-order valence-electron chi connectivity index (χ3n) is 5.10. The number of aromatic nitrogens is 1. The van der Waals surface area contributed by atoms with Gasteiger partial charge in [-0.1, -0.05) is 11.3 Å². The van der Waals surface area contributed by atoms with Crippen LogP contribution in [0.25, 0.3) is 10.2 Å². The molecule has 4 aromatic rings. The molecule has 1 aromatic heterocycles. The number of anilines is 1. The molecule has 0 fully saturated rings. The lowest BCUT2D eigenvalue weighted by molar-refractivity contribution is 0.0987. The van der Waals surface area contributed by atoms with Crippen molar-refractivity contribution in [1.82, 2.24) is 4.98 Å². The lowest BCUT2D eigenvalue weighted by atomic mass is 10.2. The van der Waals surface area contributed by atoms with Gasteiger partial charge in [0.2, 0.25) is 5.13 Å². The van der Waals surface area contributed by atoms with E-state index in [4.69, 9.17) is 18.9 Å². The van der Waals surface area contributed by atoms with Crippen molar-refractivity contribution in [3.63, 3.8) is 0 Å². The number of carbonyl (C=O) groups excluding carboxylic acids is 1. The van der Waals surface area contributed by atoms with Crippen LogP contribution < -0.4 is 24.0 Å². The molecule has 0 bridgehead atoms. The number of rotatable bonds is 9. The first kappa shape index (κ1) is 24.0. The fraction of sp³-hybridized carbons (Fsp3) is 0.192. The molecule has 9 heteroatoms. The number of hydrogen-bond acceptors (Lipinski definition) is 8. The number of thiazole rings is 1. The standard InChI is InChI=1S/C26H25N3O5S/c1-5-34-19-9-6-17(7-10-19)16-27-29(25(30)18-8-13-22(32-3)23(14-18)33-4)26-28-21-12-11-20(31-2)15-24(21)35-26/h6-16H,5H2,1-4H3/b27-16+. The Hall–Kier alpha value is -4.11. The van der Waals surface area contributed by atoms with Crippen LogP contribution in [0.5, 0.6) is 23.0 Å². The van der Waals surface area contributed by atoms with Gasteiger partial charge in [0, 0.05) is 5.56 Å². The molecular weight excluding hydrogens is 466 g/mol. The van der Waals surface area contributed by atoms with E-state index in [0.717, 1.165) is 21.5 Å². The maximum absolute atomic E-state index is 13.6. The summed E-state index contributed by atoms with van der Waals surface area (Å²) in [7, 11) is 4.67. The Labute approximate surface area is 207 Å². The van der Waals surface area contributed by atoms with Crippen LogP contribution >= 0.6 is 11.3 Å². The monoisotopic (exact) mass is 491 g/mol. The Balaban J connectivity index is 1.73. The molecule has 1 heterocycles. The summed E-state index contributed by atoms with van der Waals surface area (Å²) < 4.78 is 22.4. The number of amides is 1. The van der Waals surface area contributed by atoms with Gasteiger partial charge in [0.15, 0.2) is 11.5 Å². The van der Waals surface area contributed by atoms with E-state index in [-0.39, 0.29) is 5.91 Å². The van der Waals surface area contributed by atoms with Crippen LogP contribution in [0, 0.1) is 0 Å². The molecule has 0 aliphatic rings. The van der Waals surface area contributed by atoms with Crippen LogP contribution in [-0.4, -0.2) is 45.0 Å². The van der Waals surface area contributed by atoms with Gasteiger partial charge in [-0.25, -0.2) is 4.98 Å². The van der Waals surface area contributed by atoms with Gasteiger partial charge in [-0.05, 0) is 73.2 Å². The van der Waals surface area contributed by atoms with Gasteiger partial charge in [-0.2, -0.15) is 10.1 Å². The van der Waals surface area contributed by atoms with Crippen LogP contribution in [0.1, 0.15) is 22.8 Å². The largest absolute Gasteiger partial charge is 0.497 e. The second-order valence-corrected chi connectivity index (χ2v) is 8.27. The lowest BCUT2D eigenvalue weighted by Gasteiger charge is -2.15. The van der Waals surface area contributed by atoms with E-state index >= 15 is 0 Å². The minimum Gasteiger partial charge on any atom is -0.497 e. The maximum atomic E-state index is 13.6. The fourth-order valence-electron chi connectivity index (χ4n) is 3.33. The number of methoxy groups -OCH3 is 3. The molecule has 8 nitrogen and oxygen atoms in total. The van der Waals surface area contributed by atoms with E-state index in [1.807, 2.05) is 49.4 Å². The normalized spacial score (nSPS) is 11.0. The number of fused-ring (bicyclic) bond motifs is 1. The van der Waals surface area contributed by atoms with E-state index in [0.29, 0.717) is 34.6 Å². The van der Waals surface area contributed by atoms with Gasteiger partial charge in [-0.3, -0.25) is 4.79 Å². The Morgan fingerprint density at radius 2 is 1.69 bits per heavy atom. The van der Waals surface area contributed by atoms with Gasteiger partial charge in [0.05, 0.1) is 44.4 Å². The lowest BCUT2D eigenvalue weighted by Crippen LogP contribution is -2.25. The highest BCUT2D eigenvalue weighted by Crippen LogP contribution is 2.34. The molecule has 180 valence electrons. The summed E-state index contributed by atoms with van der Waals surface area (Å²) >= 11 is 1.34. The minimum atomic E-state index is -0.362. The van der Waals surface area contributed by atoms with Gasteiger partial charge < -0.3 is 18.9 Å². The number of ether oxygens (including phenoxy) is 4. The molecule has 35 heavy (non-hydrogen) atoms. The topological polar surface area (TPSA) is 82.5 Å². The van der Waals surface area contributed by atoms with Crippen molar-refractivity contribution in [3.05, 3.63) is 71.8 Å². The van der Waals surface area contributed by atoms with Gasteiger partial charge in [-0.15, -0.1) is 0 Å². The van der Waals surface area contributed by atoms with Crippen LogP contribution in [0.3, 0.4) is 0 Å². The number of carbonyl (C=O) groups is 1. The fourth-order valence-corrected chi connectivity index (χ4v) is 4.28. The minimum absolute atomic E-state index is 0.362. The van der Waals surface area contributed by atoms with E-state index in [1.54, 1.807) is 38.6 Å². The molecule has 0 N–H and O–H groups in total. The summed E-state index contributed by atoms with van der Waals surface area (Å²) in [4.78, 5) is 18.3. The van der Waals surface area contributed by atoms with Gasteiger partial charge >= 0.3 is 0 Å². The Morgan fingerprint density at radius 1 is 0.943 bits per heavy atom. The number of benzene rings is 3. The molecule has 0 spiro atoms. The van der Waals surface area contributed by atoms with Crippen LogP contribution in [0.15, 0.2) is 65.8 Å².